The Morgan fingerprint density at radius 3 is 2.72 bits per heavy atom. The van der Waals surface area contributed by atoms with Gasteiger partial charge in [0.25, 0.3) is 0 Å². The molecule has 0 aromatic heterocycles. The second-order valence-corrected chi connectivity index (χ2v) is 6.20. The van der Waals surface area contributed by atoms with Crippen LogP contribution < -0.4 is 0 Å². The average molecular weight is 330 g/mol. The van der Waals surface area contributed by atoms with Crippen molar-refractivity contribution >= 4 is 33.6 Å². The summed E-state index contributed by atoms with van der Waals surface area (Å²) in [5.74, 6) is 0.527. The molecule has 1 saturated carbocycles. The summed E-state index contributed by atoms with van der Waals surface area (Å²) in [7, 11) is 0. The molecule has 0 saturated heterocycles. The second-order valence-electron chi connectivity index (χ2n) is 4.88. The molecule has 0 unspecified atom stereocenters. The van der Waals surface area contributed by atoms with Gasteiger partial charge >= 0.3 is 0 Å². The molecule has 1 aliphatic carbocycles. The smallest absolute Gasteiger partial charge is 0.0647 e. The predicted molar refractivity (Wildman–Crippen MR) is 80.8 cm³/mol. The van der Waals surface area contributed by atoms with Crippen LogP contribution in [0.5, 0.6) is 0 Å². The summed E-state index contributed by atoms with van der Waals surface area (Å²) in [6.45, 7) is 0.132. The van der Waals surface area contributed by atoms with Gasteiger partial charge in [-0.25, -0.2) is 0 Å². The van der Waals surface area contributed by atoms with Gasteiger partial charge in [0.05, 0.1) is 6.61 Å². The molecule has 1 aromatic carbocycles. The van der Waals surface area contributed by atoms with Gasteiger partial charge in [-0.05, 0) is 48.1 Å². The molecule has 1 aliphatic rings. The lowest BCUT2D eigenvalue weighted by molar-refractivity contribution is 0.295. The van der Waals surface area contributed by atoms with Gasteiger partial charge in [0.1, 0.15) is 0 Å². The van der Waals surface area contributed by atoms with E-state index < -0.39 is 0 Å². The number of hydrogen-bond donors (Lipinski definition) is 1. The van der Waals surface area contributed by atoms with E-state index in [0.717, 1.165) is 20.6 Å². The van der Waals surface area contributed by atoms with E-state index in [2.05, 4.69) is 22.0 Å². The maximum absolute atomic E-state index is 9.58. The minimum absolute atomic E-state index is 0.132. The minimum Gasteiger partial charge on any atom is -0.392 e. The first kappa shape index (κ1) is 14.1. The second kappa shape index (κ2) is 6.74. The molecule has 1 N–H and O–H groups in total. The molecule has 0 amide bonds. The number of aliphatic hydroxyl groups is 1. The molecule has 1 nitrogen and oxygen atoms in total. The first-order chi connectivity index (χ1) is 8.70. The van der Waals surface area contributed by atoms with Crippen molar-refractivity contribution in [1.29, 1.82) is 0 Å². The van der Waals surface area contributed by atoms with Gasteiger partial charge in [-0.2, -0.15) is 0 Å². The summed E-state index contributed by atoms with van der Waals surface area (Å²) in [4.78, 5) is 0. The van der Waals surface area contributed by atoms with E-state index in [0.29, 0.717) is 5.92 Å². The van der Waals surface area contributed by atoms with E-state index >= 15 is 0 Å². The Balaban J connectivity index is 2.24. The standard InChI is InChI=1S/C15H18BrClO/c16-14-6-7-15(17)12(9-14)8-13(10-18)11-4-2-1-3-5-11/h6-9,11,18H,1-5,10H2/b13-8-. The highest BCUT2D eigenvalue weighted by atomic mass is 79.9. The lowest BCUT2D eigenvalue weighted by Gasteiger charge is -2.23. The third-order valence-electron chi connectivity index (χ3n) is 3.61. The first-order valence-electron chi connectivity index (χ1n) is 6.47. The summed E-state index contributed by atoms with van der Waals surface area (Å²) >= 11 is 9.64. The summed E-state index contributed by atoms with van der Waals surface area (Å²) in [6, 6.07) is 5.81. The summed E-state index contributed by atoms with van der Waals surface area (Å²) in [6.07, 6.45) is 8.31. The van der Waals surface area contributed by atoms with Crippen LogP contribution in [0.3, 0.4) is 0 Å². The quantitative estimate of drug-likeness (QED) is 0.822. The van der Waals surface area contributed by atoms with Crippen molar-refractivity contribution in [3.05, 3.63) is 38.8 Å². The zero-order valence-electron chi connectivity index (χ0n) is 10.3. The van der Waals surface area contributed by atoms with E-state index in [1.54, 1.807) is 0 Å². The Morgan fingerprint density at radius 1 is 1.33 bits per heavy atom. The van der Waals surface area contributed by atoms with Crippen LogP contribution >= 0.6 is 27.5 Å². The van der Waals surface area contributed by atoms with E-state index in [1.165, 1.54) is 32.1 Å². The molecule has 18 heavy (non-hydrogen) atoms. The number of rotatable bonds is 3. The Kier molecular flexibility index (Phi) is 5.28. The van der Waals surface area contributed by atoms with Crippen molar-refractivity contribution in [3.63, 3.8) is 0 Å². The van der Waals surface area contributed by atoms with Gasteiger partial charge in [-0.3, -0.25) is 0 Å². The topological polar surface area (TPSA) is 20.2 Å². The molecule has 0 radical (unpaired) electrons. The molecule has 2 rings (SSSR count). The highest BCUT2D eigenvalue weighted by Gasteiger charge is 2.17. The van der Waals surface area contributed by atoms with E-state index in [1.807, 2.05) is 18.2 Å². The monoisotopic (exact) mass is 328 g/mol. The maximum atomic E-state index is 9.58. The fourth-order valence-corrected chi connectivity index (χ4v) is 3.14. The highest BCUT2D eigenvalue weighted by Crippen LogP contribution is 2.32. The van der Waals surface area contributed by atoms with Crippen LogP contribution in [-0.4, -0.2) is 11.7 Å². The average Bonchev–Trinajstić information content (AvgIpc) is 2.41. The van der Waals surface area contributed by atoms with Crippen molar-refractivity contribution in [2.24, 2.45) is 5.92 Å². The Hall–Kier alpha value is -0.310. The largest absolute Gasteiger partial charge is 0.392 e. The summed E-state index contributed by atoms with van der Waals surface area (Å²) in [5.41, 5.74) is 2.11. The van der Waals surface area contributed by atoms with Crippen molar-refractivity contribution in [1.82, 2.24) is 0 Å². The molecular formula is C15H18BrClO. The molecule has 3 heteroatoms. The lowest BCUT2D eigenvalue weighted by atomic mass is 9.83. The van der Waals surface area contributed by atoms with E-state index in [9.17, 15) is 5.11 Å². The Bertz CT molecular complexity index is 436. The minimum atomic E-state index is 0.132. The maximum Gasteiger partial charge on any atom is 0.0647 e. The van der Waals surface area contributed by atoms with Crippen molar-refractivity contribution < 1.29 is 5.11 Å². The van der Waals surface area contributed by atoms with Crippen LogP contribution in [0.25, 0.3) is 6.08 Å². The molecule has 0 bridgehead atoms. The van der Waals surface area contributed by atoms with Gasteiger partial charge in [-0.1, -0.05) is 52.9 Å². The molecule has 0 spiro atoms. The van der Waals surface area contributed by atoms with E-state index in [-0.39, 0.29) is 6.61 Å². The van der Waals surface area contributed by atoms with Gasteiger partial charge in [0.15, 0.2) is 0 Å². The molecule has 1 fully saturated rings. The van der Waals surface area contributed by atoms with Gasteiger partial charge in [-0.15, -0.1) is 0 Å². The fourth-order valence-electron chi connectivity index (χ4n) is 2.59. The van der Waals surface area contributed by atoms with Gasteiger partial charge in [0.2, 0.25) is 0 Å². The SMILES string of the molecule is OC/C(=C/c1cc(Br)ccc1Cl)C1CCCCC1. The number of aliphatic hydroxyl groups excluding tert-OH is 1. The van der Waals surface area contributed by atoms with Gasteiger partial charge < -0.3 is 5.11 Å². The lowest BCUT2D eigenvalue weighted by Crippen LogP contribution is -2.11. The molecule has 98 valence electrons. The molecule has 0 atom stereocenters. The molecule has 0 heterocycles. The number of hydrogen-bond acceptors (Lipinski definition) is 1. The van der Waals surface area contributed by atoms with Crippen LogP contribution in [0.1, 0.15) is 37.7 Å². The molecule has 0 aliphatic heterocycles. The normalized spacial score (nSPS) is 18.1. The van der Waals surface area contributed by atoms with Crippen molar-refractivity contribution in [2.75, 3.05) is 6.61 Å². The van der Waals surface area contributed by atoms with Gasteiger partial charge in [0, 0.05) is 9.50 Å². The number of halogens is 2. The van der Waals surface area contributed by atoms with E-state index in [4.69, 9.17) is 11.6 Å². The van der Waals surface area contributed by atoms with Crippen LogP contribution in [-0.2, 0) is 0 Å². The predicted octanol–water partition coefficient (Wildman–Crippen LogP) is 5.06. The fraction of sp³-hybridized carbons (Fsp3) is 0.467. The third kappa shape index (κ3) is 3.59. The molecular weight excluding hydrogens is 312 g/mol. The Labute approximate surface area is 122 Å². The Morgan fingerprint density at radius 2 is 2.06 bits per heavy atom. The highest BCUT2D eigenvalue weighted by molar-refractivity contribution is 9.10. The first-order valence-corrected chi connectivity index (χ1v) is 7.64. The third-order valence-corrected chi connectivity index (χ3v) is 4.45. The van der Waals surface area contributed by atoms with Crippen LogP contribution in [0, 0.1) is 5.92 Å². The molecule has 1 aromatic rings. The summed E-state index contributed by atoms with van der Waals surface area (Å²) < 4.78 is 1.01. The van der Waals surface area contributed by atoms with Crippen LogP contribution in [0.2, 0.25) is 5.02 Å². The number of benzene rings is 1. The van der Waals surface area contributed by atoms with Crippen LogP contribution in [0.15, 0.2) is 28.2 Å². The zero-order chi connectivity index (χ0) is 13.0. The van der Waals surface area contributed by atoms with Crippen LogP contribution in [0.4, 0.5) is 0 Å². The zero-order valence-corrected chi connectivity index (χ0v) is 12.7. The van der Waals surface area contributed by atoms with Crippen molar-refractivity contribution in [3.8, 4) is 0 Å². The summed E-state index contributed by atoms with van der Waals surface area (Å²) in [5, 5.41) is 10.3. The van der Waals surface area contributed by atoms with Crippen molar-refractivity contribution in [2.45, 2.75) is 32.1 Å².